The van der Waals surface area contributed by atoms with Crippen LogP contribution in [-0.2, 0) is 14.3 Å². The van der Waals surface area contributed by atoms with Gasteiger partial charge in [0.05, 0.1) is 25.4 Å². The highest BCUT2D eigenvalue weighted by Gasteiger charge is 2.20. The Morgan fingerprint density at radius 2 is 0.725 bits per heavy atom. The molecular formula is C63H119NO5. The molecule has 1 amide bonds. The van der Waals surface area contributed by atoms with Gasteiger partial charge >= 0.3 is 5.97 Å². The molecule has 6 heteroatoms. The largest absolute Gasteiger partial charge is 0.466 e. The van der Waals surface area contributed by atoms with Gasteiger partial charge in [-0.1, -0.05) is 262 Å². The Bertz CT molecular complexity index is 1120. The summed E-state index contributed by atoms with van der Waals surface area (Å²) in [6, 6.07) is -0.555. The number of carbonyl (C=O) groups is 2. The van der Waals surface area contributed by atoms with Gasteiger partial charge in [-0.05, 0) is 89.9 Å². The van der Waals surface area contributed by atoms with Crippen molar-refractivity contribution in [3.8, 4) is 0 Å². The van der Waals surface area contributed by atoms with Gasteiger partial charge in [0.2, 0.25) is 5.91 Å². The Morgan fingerprint density at radius 1 is 0.406 bits per heavy atom. The normalized spacial score (nSPS) is 12.8. The standard InChI is InChI=1S/C63H119NO5/c1-3-5-7-9-11-13-15-17-19-21-22-24-27-31-35-39-43-47-51-55-61(66)60(59-65)64-62(67)56-52-48-44-40-36-32-28-25-23-26-30-34-38-42-46-50-54-58-69-63(68)57-53-49-45-41-37-33-29-20-18-16-14-12-10-8-6-4-2/h20,23,26,29,34,38,60-61,65-66H,3-19,21-22,24-25,27-28,30-33,35-37,39-59H2,1-2H3,(H,64,67)/b26-23-,29-20-,38-34-. The molecule has 0 aromatic carbocycles. The van der Waals surface area contributed by atoms with Crippen molar-refractivity contribution in [3.05, 3.63) is 36.5 Å². The molecule has 6 nitrogen and oxygen atoms in total. The van der Waals surface area contributed by atoms with Gasteiger partial charge in [-0.2, -0.15) is 0 Å². The van der Waals surface area contributed by atoms with Gasteiger partial charge in [-0.15, -0.1) is 0 Å². The number of carbonyl (C=O) groups excluding carboxylic acids is 2. The van der Waals surface area contributed by atoms with E-state index in [-0.39, 0.29) is 18.5 Å². The summed E-state index contributed by atoms with van der Waals surface area (Å²) >= 11 is 0. The third-order valence-electron chi connectivity index (χ3n) is 14.2. The molecular weight excluding hydrogens is 851 g/mol. The van der Waals surface area contributed by atoms with E-state index in [1.807, 2.05) is 0 Å². The van der Waals surface area contributed by atoms with Crippen LogP contribution in [0.1, 0.15) is 328 Å². The minimum Gasteiger partial charge on any atom is -0.466 e. The SMILES string of the molecule is CCCCCCCCC/C=C\CCCCCCCC(=O)OCCCCC/C=C\C/C=C\CCCCCCCCCC(=O)NC(CO)C(O)CCCCCCCCCCCCCCCCCCCCC. The lowest BCUT2D eigenvalue weighted by Gasteiger charge is -2.22. The van der Waals surface area contributed by atoms with E-state index in [2.05, 4.69) is 55.6 Å². The third-order valence-corrected chi connectivity index (χ3v) is 14.2. The van der Waals surface area contributed by atoms with E-state index in [1.54, 1.807) is 0 Å². The Kier molecular flexibility index (Phi) is 57.0. The van der Waals surface area contributed by atoms with Crippen LogP contribution in [0.15, 0.2) is 36.5 Å². The van der Waals surface area contributed by atoms with Crippen LogP contribution in [0.25, 0.3) is 0 Å². The van der Waals surface area contributed by atoms with Crippen LogP contribution in [0.2, 0.25) is 0 Å². The number of hydrogen-bond donors (Lipinski definition) is 3. The highest BCUT2D eigenvalue weighted by molar-refractivity contribution is 5.76. The van der Waals surface area contributed by atoms with Gasteiger partial charge in [0.1, 0.15) is 0 Å². The zero-order valence-electron chi connectivity index (χ0n) is 46.3. The maximum absolute atomic E-state index is 12.5. The predicted octanol–water partition coefficient (Wildman–Crippen LogP) is 19.2. The maximum Gasteiger partial charge on any atom is 0.305 e. The zero-order chi connectivity index (χ0) is 50.0. The summed E-state index contributed by atoms with van der Waals surface area (Å²) in [6.07, 6.45) is 72.9. The molecule has 0 saturated carbocycles. The minimum atomic E-state index is -0.676. The number of ether oxygens (including phenoxy) is 1. The highest BCUT2D eigenvalue weighted by Crippen LogP contribution is 2.17. The lowest BCUT2D eigenvalue weighted by molar-refractivity contribution is -0.143. The predicted molar refractivity (Wildman–Crippen MR) is 301 cm³/mol. The quantitative estimate of drug-likeness (QED) is 0.0321. The molecule has 0 aromatic heterocycles. The average Bonchev–Trinajstić information content (AvgIpc) is 3.35. The van der Waals surface area contributed by atoms with Gasteiger partial charge in [0.15, 0.2) is 0 Å². The van der Waals surface area contributed by atoms with Crippen molar-refractivity contribution in [3.63, 3.8) is 0 Å². The summed E-state index contributed by atoms with van der Waals surface area (Å²) in [6.45, 7) is 4.92. The molecule has 0 aliphatic rings. The third kappa shape index (κ3) is 55.2. The molecule has 69 heavy (non-hydrogen) atoms. The lowest BCUT2D eigenvalue weighted by Crippen LogP contribution is -2.45. The highest BCUT2D eigenvalue weighted by atomic mass is 16.5. The fraction of sp³-hybridized carbons (Fsp3) is 0.873. The van der Waals surface area contributed by atoms with E-state index in [4.69, 9.17) is 4.74 Å². The van der Waals surface area contributed by atoms with Crippen molar-refractivity contribution < 1.29 is 24.5 Å². The number of aliphatic hydroxyl groups is 2. The van der Waals surface area contributed by atoms with Gasteiger partial charge in [-0.25, -0.2) is 0 Å². The molecule has 0 radical (unpaired) electrons. The number of esters is 1. The van der Waals surface area contributed by atoms with Crippen LogP contribution < -0.4 is 5.32 Å². The van der Waals surface area contributed by atoms with Gasteiger partial charge in [-0.3, -0.25) is 9.59 Å². The summed E-state index contributed by atoms with van der Waals surface area (Å²) in [4.78, 5) is 24.6. The number of allylic oxidation sites excluding steroid dienone is 6. The monoisotopic (exact) mass is 970 g/mol. The average molecular weight is 971 g/mol. The Morgan fingerprint density at radius 3 is 1.12 bits per heavy atom. The van der Waals surface area contributed by atoms with E-state index >= 15 is 0 Å². The number of rotatable bonds is 57. The molecule has 2 atom stereocenters. The molecule has 0 fully saturated rings. The topological polar surface area (TPSA) is 95.9 Å². The molecule has 0 saturated heterocycles. The summed E-state index contributed by atoms with van der Waals surface area (Å²) in [7, 11) is 0. The first-order chi connectivity index (χ1) is 34.0. The first-order valence-corrected chi connectivity index (χ1v) is 30.7. The van der Waals surface area contributed by atoms with E-state index in [0.717, 1.165) is 83.5 Å². The van der Waals surface area contributed by atoms with Crippen molar-refractivity contribution >= 4 is 11.9 Å². The van der Waals surface area contributed by atoms with E-state index in [9.17, 15) is 19.8 Å². The number of nitrogens with one attached hydrogen (secondary N) is 1. The zero-order valence-corrected chi connectivity index (χ0v) is 46.3. The second-order valence-electron chi connectivity index (χ2n) is 21.0. The molecule has 0 rings (SSSR count). The molecule has 0 aliphatic carbocycles. The van der Waals surface area contributed by atoms with E-state index < -0.39 is 12.1 Å². The second kappa shape index (κ2) is 58.6. The summed E-state index contributed by atoms with van der Waals surface area (Å²) in [5, 5.41) is 23.3. The van der Waals surface area contributed by atoms with Gasteiger partial charge in [0, 0.05) is 12.8 Å². The van der Waals surface area contributed by atoms with Crippen LogP contribution in [0.5, 0.6) is 0 Å². The molecule has 3 N–H and O–H groups in total. The Labute approximate surface area is 430 Å². The van der Waals surface area contributed by atoms with Gasteiger partial charge < -0.3 is 20.3 Å². The van der Waals surface area contributed by atoms with Crippen molar-refractivity contribution in [1.29, 1.82) is 0 Å². The van der Waals surface area contributed by atoms with Crippen molar-refractivity contribution in [2.75, 3.05) is 13.2 Å². The molecule has 0 spiro atoms. The van der Waals surface area contributed by atoms with Crippen LogP contribution in [0.4, 0.5) is 0 Å². The molecule has 2 unspecified atom stereocenters. The van der Waals surface area contributed by atoms with E-state index in [0.29, 0.717) is 25.9 Å². The van der Waals surface area contributed by atoms with Crippen LogP contribution >= 0.6 is 0 Å². The Hall–Kier alpha value is -1.92. The van der Waals surface area contributed by atoms with Crippen LogP contribution in [-0.4, -0.2) is 47.4 Å². The summed E-state index contributed by atoms with van der Waals surface area (Å²) in [5.41, 5.74) is 0. The Balaban J connectivity index is 3.49. The fourth-order valence-electron chi connectivity index (χ4n) is 9.43. The molecule has 0 heterocycles. The number of amides is 1. The van der Waals surface area contributed by atoms with Crippen molar-refractivity contribution in [2.45, 2.75) is 341 Å². The molecule has 406 valence electrons. The first kappa shape index (κ1) is 67.1. The molecule has 0 aromatic rings. The maximum atomic E-state index is 12.5. The van der Waals surface area contributed by atoms with E-state index in [1.165, 1.54) is 212 Å². The van der Waals surface area contributed by atoms with Crippen LogP contribution in [0, 0.1) is 0 Å². The first-order valence-electron chi connectivity index (χ1n) is 30.7. The second-order valence-corrected chi connectivity index (χ2v) is 21.0. The van der Waals surface area contributed by atoms with Crippen molar-refractivity contribution in [2.24, 2.45) is 0 Å². The number of aliphatic hydroxyl groups excluding tert-OH is 2. The summed E-state index contributed by atoms with van der Waals surface area (Å²) < 4.78 is 5.46. The summed E-state index contributed by atoms with van der Waals surface area (Å²) in [5.74, 6) is -0.0717. The molecule has 0 bridgehead atoms. The number of unbranched alkanes of at least 4 members (excludes halogenated alkanes) is 40. The fourth-order valence-corrected chi connectivity index (χ4v) is 9.43. The van der Waals surface area contributed by atoms with Crippen molar-refractivity contribution in [1.82, 2.24) is 5.32 Å². The van der Waals surface area contributed by atoms with Gasteiger partial charge in [0.25, 0.3) is 0 Å². The molecule has 0 aliphatic heterocycles. The lowest BCUT2D eigenvalue weighted by atomic mass is 10.0. The minimum absolute atomic E-state index is 0.0225. The smallest absolute Gasteiger partial charge is 0.305 e. The van der Waals surface area contributed by atoms with Crippen LogP contribution in [0.3, 0.4) is 0 Å². The number of hydrogen-bond acceptors (Lipinski definition) is 5.